The zero-order valence-corrected chi connectivity index (χ0v) is 11.8. The van der Waals surface area contributed by atoms with Crippen LogP contribution in [-0.2, 0) is 14.4 Å². The van der Waals surface area contributed by atoms with Crippen LogP contribution in [0.15, 0.2) is 34.8 Å². The average Bonchev–Trinajstić information content (AvgIpc) is 2.36. The van der Waals surface area contributed by atoms with Gasteiger partial charge >= 0.3 is 11.9 Å². The molecule has 3 N–H and O–H groups in total. The van der Waals surface area contributed by atoms with Crippen molar-refractivity contribution in [1.29, 1.82) is 0 Å². The zero-order valence-electron chi connectivity index (χ0n) is 10.2. The molecule has 1 aromatic carbocycles. The summed E-state index contributed by atoms with van der Waals surface area (Å²) in [7, 11) is 0. The number of aliphatic carboxylic acids is 2. The lowest BCUT2D eigenvalue weighted by Gasteiger charge is -2.10. The SMILES string of the molecule is O=C(O)C[C@@H](NC(=O)/C=C/c1ccc(Br)cc1)C(=O)O. The highest BCUT2D eigenvalue weighted by Crippen LogP contribution is 2.11. The standard InChI is InChI=1S/C13H12BrNO5/c14-9-4-1-8(2-5-9)3-6-11(16)15-10(13(19)20)7-12(17)18/h1-6,10H,7H2,(H,15,16)(H,17,18)(H,19,20)/b6-3+/t10-/m1/s1. The molecule has 0 spiro atoms. The molecule has 1 rings (SSSR count). The maximum atomic E-state index is 11.5. The number of rotatable bonds is 6. The number of carboxylic acid groups (broad SMARTS) is 2. The quantitative estimate of drug-likeness (QED) is 0.680. The molecule has 0 saturated heterocycles. The van der Waals surface area contributed by atoms with Gasteiger partial charge in [-0.15, -0.1) is 0 Å². The Kier molecular flexibility index (Phi) is 5.92. The number of carbonyl (C=O) groups is 3. The van der Waals surface area contributed by atoms with E-state index < -0.39 is 30.3 Å². The summed E-state index contributed by atoms with van der Waals surface area (Å²) >= 11 is 3.27. The van der Waals surface area contributed by atoms with Gasteiger partial charge in [-0.25, -0.2) is 4.79 Å². The molecule has 7 heteroatoms. The normalized spacial score (nSPS) is 12.1. The van der Waals surface area contributed by atoms with Gasteiger partial charge in [-0.2, -0.15) is 0 Å². The lowest BCUT2D eigenvalue weighted by molar-refractivity contribution is -0.146. The van der Waals surface area contributed by atoms with E-state index in [0.29, 0.717) is 0 Å². The average molecular weight is 342 g/mol. The molecule has 0 heterocycles. The summed E-state index contributed by atoms with van der Waals surface area (Å²) in [6.45, 7) is 0. The first-order valence-corrected chi connectivity index (χ1v) is 6.36. The van der Waals surface area contributed by atoms with E-state index in [1.165, 1.54) is 6.08 Å². The molecular weight excluding hydrogens is 330 g/mol. The second kappa shape index (κ2) is 7.44. The highest BCUT2D eigenvalue weighted by atomic mass is 79.9. The van der Waals surface area contributed by atoms with E-state index in [4.69, 9.17) is 10.2 Å². The second-order valence-corrected chi connectivity index (χ2v) is 4.80. The lowest BCUT2D eigenvalue weighted by atomic mass is 10.2. The number of hydrogen-bond acceptors (Lipinski definition) is 3. The fourth-order valence-corrected chi connectivity index (χ4v) is 1.60. The van der Waals surface area contributed by atoms with E-state index in [1.54, 1.807) is 24.3 Å². The van der Waals surface area contributed by atoms with E-state index in [-0.39, 0.29) is 0 Å². The fraction of sp³-hybridized carbons (Fsp3) is 0.154. The highest BCUT2D eigenvalue weighted by Gasteiger charge is 2.21. The first-order valence-electron chi connectivity index (χ1n) is 5.57. The Morgan fingerprint density at radius 2 is 1.80 bits per heavy atom. The van der Waals surface area contributed by atoms with Crippen molar-refractivity contribution in [3.8, 4) is 0 Å². The van der Waals surface area contributed by atoms with Crippen LogP contribution in [0.5, 0.6) is 0 Å². The van der Waals surface area contributed by atoms with E-state index in [1.807, 2.05) is 0 Å². The minimum Gasteiger partial charge on any atom is -0.481 e. The Morgan fingerprint density at radius 1 is 1.20 bits per heavy atom. The number of amides is 1. The number of hydrogen-bond donors (Lipinski definition) is 3. The van der Waals surface area contributed by atoms with Gasteiger partial charge in [0.25, 0.3) is 0 Å². The Morgan fingerprint density at radius 3 is 2.30 bits per heavy atom. The van der Waals surface area contributed by atoms with Crippen LogP contribution in [-0.4, -0.2) is 34.1 Å². The van der Waals surface area contributed by atoms with Crippen molar-refractivity contribution in [2.75, 3.05) is 0 Å². The summed E-state index contributed by atoms with van der Waals surface area (Å²) in [5.74, 6) is -3.35. The van der Waals surface area contributed by atoms with Gasteiger partial charge < -0.3 is 15.5 Å². The second-order valence-electron chi connectivity index (χ2n) is 3.88. The monoisotopic (exact) mass is 341 g/mol. The van der Waals surface area contributed by atoms with Crippen LogP contribution in [0.25, 0.3) is 6.08 Å². The molecule has 0 fully saturated rings. The van der Waals surface area contributed by atoms with Crippen LogP contribution in [0.1, 0.15) is 12.0 Å². The van der Waals surface area contributed by atoms with Crippen molar-refractivity contribution in [2.24, 2.45) is 0 Å². The Bertz CT molecular complexity index is 538. The Balaban J connectivity index is 2.63. The van der Waals surface area contributed by atoms with Crippen LogP contribution in [0, 0.1) is 0 Å². The summed E-state index contributed by atoms with van der Waals surface area (Å²) < 4.78 is 0.895. The highest BCUT2D eigenvalue weighted by molar-refractivity contribution is 9.10. The van der Waals surface area contributed by atoms with Gasteiger partial charge in [-0.1, -0.05) is 28.1 Å². The van der Waals surface area contributed by atoms with Gasteiger partial charge in [0, 0.05) is 10.5 Å². The van der Waals surface area contributed by atoms with Crippen molar-refractivity contribution in [3.05, 3.63) is 40.4 Å². The molecule has 1 aromatic rings. The van der Waals surface area contributed by atoms with Gasteiger partial charge in [0.2, 0.25) is 5.91 Å². The third-order valence-corrected chi connectivity index (χ3v) is 2.82. The number of carboxylic acids is 2. The number of benzene rings is 1. The maximum Gasteiger partial charge on any atom is 0.326 e. The van der Waals surface area contributed by atoms with Gasteiger partial charge in [0.15, 0.2) is 0 Å². The fourth-order valence-electron chi connectivity index (χ4n) is 1.34. The minimum absolute atomic E-state index is 0.665. The third-order valence-electron chi connectivity index (χ3n) is 2.29. The summed E-state index contributed by atoms with van der Waals surface area (Å²) in [5, 5.41) is 19.4. The van der Waals surface area contributed by atoms with Crippen LogP contribution >= 0.6 is 15.9 Å². The van der Waals surface area contributed by atoms with Crippen molar-refractivity contribution in [1.82, 2.24) is 5.32 Å². The Labute approximate surface area is 123 Å². The smallest absolute Gasteiger partial charge is 0.326 e. The maximum absolute atomic E-state index is 11.5. The molecule has 0 unspecified atom stereocenters. The van der Waals surface area contributed by atoms with Gasteiger partial charge in [0.05, 0.1) is 6.42 Å². The zero-order chi connectivity index (χ0) is 15.1. The van der Waals surface area contributed by atoms with Crippen molar-refractivity contribution >= 4 is 39.9 Å². The van der Waals surface area contributed by atoms with Crippen molar-refractivity contribution in [2.45, 2.75) is 12.5 Å². The van der Waals surface area contributed by atoms with Crippen molar-refractivity contribution in [3.63, 3.8) is 0 Å². The van der Waals surface area contributed by atoms with Crippen molar-refractivity contribution < 1.29 is 24.6 Å². The van der Waals surface area contributed by atoms with Gasteiger partial charge in [0.1, 0.15) is 6.04 Å². The molecule has 0 aliphatic rings. The molecule has 0 saturated carbocycles. The topological polar surface area (TPSA) is 104 Å². The predicted molar refractivity (Wildman–Crippen MR) is 75.0 cm³/mol. The molecule has 0 aliphatic carbocycles. The number of halogens is 1. The molecule has 0 radical (unpaired) electrons. The van der Waals surface area contributed by atoms with Crippen LogP contribution in [0.2, 0.25) is 0 Å². The Hall–Kier alpha value is -2.15. The van der Waals surface area contributed by atoms with E-state index in [0.717, 1.165) is 16.1 Å². The summed E-state index contributed by atoms with van der Waals surface area (Å²) in [5.41, 5.74) is 0.758. The van der Waals surface area contributed by atoms with Crippen LogP contribution in [0.4, 0.5) is 0 Å². The molecule has 1 atom stereocenters. The van der Waals surface area contributed by atoms with E-state index in [9.17, 15) is 14.4 Å². The largest absolute Gasteiger partial charge is 0.481 e. The van der Waals surface area contributed by atoms with E-state index in [2.05, 4.69) is 21.2 Å². The first-order chi connectivity index (χ1) is 9.38. The van der Waals surface area contributed by atoms with Crippen LogP contribution in [0.3, 0.4) is 0 Å². The third kappa shape index (κ3) is 5.66. The lowest BCUT2D eigenvalue weighted by Crippen LogP contribution is -2.41. The number of nitrogens with one attached hydrogen (secondary N) is 1. The van der Waals surface area contributed by atoms with E-state index >= 15 is 0 Å². The van der Waals surface area contributed by atoms with Gasteiger partial charge in [-0.05, 0) is 23.8 Å². The molecule has 0 aliphatic heterocycles. The molecule has 20 heavy (non-hydrogen) atoms. The molecule has 0 bridgehead atoms. The first kappa shape index (κ1) is 15.9. The predicted octanol–water partition coefficient (Wildman–Crippen LogP) is 1.51. The van der Waals surface area contributed by atoms with Crippen LogP contribution < -0.4 is 5.32 Å². The molecule has 0 aromatic heterocycles. The number of carbonyl (C=O) groups excluding carboxylic acids is 1. The molecule has 6 nitrogen and oxygen atoms in total. The summed E-state index contributed by atoms with van der Waals surface area (Å²) in [6, 6.07) is 5.67. The van der Waals surface area contributed by atoms with Gasteiger partial charge in [-0.3, -0.25) is 9.59 Å². The molecular formula is C13H12BrNO5. The minimum atomic E-state index is -1.45. The summed E-state index contributed by atoms with van der Waals surface area (Å²) in [4.78, 5) is 32.8. The summed E-state index contributed by atoms with van der Waals surface area (Å²) in [6.07, 6.45) is 1.98. The molecule has 1 amide bonds. The molecule has 106 valence electrons.